The molecule has 33 heavy (non-hydrogen) atoms. The van der Waals surface area contributed by atoms with Gasteiger partial charge in [0.25, 0.3) is 11.8 Å². The van der Waals surface area contributed by atoms with E-state index >= 15 is 0 Å². The van der Waals surface area contributed by atoms with Crippen LogP contribution in [0.3, 0.4) is 0 Å². The molecular formula is C23H21BrCl2N2O5. The highest BCUT2D eigenvalue weighted by molar-refractivity contribution is 9.09. The largest absolute Gasteiger partial charge is 0.508 e. The molecule has 2 heterocycles. The van der Waals surface area contributed by atoms with Crippen LogP contribution in [0.5, 0.6) is 5.75 Å². The number of amides is 4. The number of fused-ring (bicyclic) bond motifs is 4. The van der Waals surface area contributed by atoms with E-state index in [1.165, 1.54) is 17.0 Å². The van der Waals surface area contributed by atoms with Gasteiger partial charge in [-0.25, -0.2) is 0 Å². The standard InChI is InChI=1S/C23H21BrCl2N2O5/c1-2-27-18(30)14-8-7-13-15(16(14)19(27)31)9-22(25)20(32)28(10-24)21(33)23(22,26)17(13)11-3-5-12(29)6-4-11/h3-7,14-17,29H,2,8-10H2,1H3. The molecular weight excluding hydrogens is 535 g/mol. The Labute approximate surface area is 208 Å². The topological polar surface area (TPSA) is 95.0 Å². The number of carbonyl (C=O) groups excluding carboxylic acids is 4. The first-order valence-corrected chi connectivity index (χ1v) is 12.6. The predicted octanol–water partition coefficient (Wildman–Crippen LogP) is 3.12. The molecule has 5 rings (SSSR count). The highest BCUT2D eigenvalue weighted by atomic mass is 79.9. The van der Waals surface area contributed by atoms with Gasteiger partial charge in [0.05, 0.1) is 17.3 Å². The molecule has 1 aromatic carbocycles. The number of hydrogen-bond donors (Lipinski definition) is 1. The van der Waals surface area contributed by atoms with Gasteiger partial charge in [0, 0.05) is 12.5 Å². The number of halogens is 3. The average Bonchev–Trinajstić information content (AvgIpc) is 3.12. The summed E-state index contributed by atoms with van der Waals surface area (Å²) in [5.41, 5.74) is 1.28. The van der Waals surface area contributed by atoms with Crippen molar-refractivity contribution in [3.8, 4) is 5.75 Å². The SMILES string of the molecule is CCN1C(=O)C2CC=C3C(CC4(Cl)C(=O)N(CBr)C(=O)C4(Cl)C3c3ccc(O)cc3)C2C1=O. The van der Waals surface area contributed by atoms with E-state index in [0.717, 1.165) is 10.5 Å². The molecule has 1 aromatic rings. The van der Waals surface area contributed by atoms with Crippen LogP contribution in [0.25, 0.3) is 0 Å². The molecule has 1 N–H and O–H groups in total. The highest BCUT2D eigenvalue weighted by Gasteiger charge is 2.76. The number of likely N-dealkylation sites (tertiary alicyclic amines) is 2. The summed E-state index contributed by atoms with van der Waals surface area (Å²) < 4.78 is 0. The van der Waals surface area contributed by atoms with E-state index in [9.17, 15) is 24.3 Å². The molecule has 4 amide bonds. The van der Waals surface area contributed by atoms with Crippen molar-refractivity contribution in [3.05, 3.63) is 41.5 Å². The number of hydrogen-bond acceptors (Lipinski definition) is 5. The van der Waals surface area contributed by atoms with Crippen molar-refractivity contribution in [3.63, 3.8) is 0 Å². The van der Waals surface area contributed by atoms with E-state index in [1.807, 2.05) is 6.08 Å². The molecule has 10 heteroatoms. The number of phenols is 1. The lowest BCUT2D eigenvalue weighted by Crippen LogP contribution is -2.60. The van der Waals surface area contributed by atoms with E-state index in [0.29, 0.717) is 12.0 Å². The first-order valence-electron chi connectivity index (χ1n) is 10.8. The Balaban J connectivity index is 1.73. The van der Waals surface area contributed by atoms with Gasteiger partial charge in [-0.15, -0.1) is 23.2 Å². The predicted molar refractivity (Wildman–Crippen MR) is 124 cm³/mol. The summed E-state index contributed by atoms with van der Waals surface area (Å²) >= 11 is 17.3. The van der Waals surface area contributed by atoms with E-state index in [-0.39, 0.29) is 36.0 Å². The fourth-order valence-electron chi connectivity index (χ4n) is 6.17. The molecule has 0 spiro atoms. The van der Waals surface area contributed by atoms with Gasteiger partial charge in [0.2, 0.25) is 11.8 Å². The van der Waals surface area contributed by atoms with Crippen LogP contribution in [0.2, 0.25) is 0 Å². The number of aromatic hydroxyl groups is 1. The lowest BCUT2D eigenvalue weighted by atomic mass is 9.56. The zero-order valence-electron chi connectivity index (χ0n) is 17.6. The van der Waals surface area contributed by atoms with Crippen LogP contribution in [0, 0.1) is 17.8 Å². The third-order valence-electron chi connectivity index (χ3n) is 7.65. The molecule has 0 radical (unpaired) electrons. The van der Waals surface area contributed by atoms with Gasteiger partial charge < -0.3 is 5.11 Å². The zero-order valence-corrected chi connectivity index (χ0v) is 20.7. The van der Waals surface area contributed by atoms with Gasteiger partial charge in [-0.1, -0.05) is 39.7 Å². The Hall–Kier alpha value is -1.90. The van der Waals surface area contributed by atoms with Gasteiger partial charge in [-0.3, -0.25) is 29.0 Å². The Bertz CT molecular complexity index is 1120. The first kappa shape index (κ1) is 22.9. The third-order valence-corrected chi connectivity index (χ3v) is 9.56. The molecule has 3 fully saturated rings. The van der Waals surface area contributed by atoms with E-state index in [2.05, 4.69) is 15.9 Å². The first-order chi connectivity index (χ1) is 15.6. The Morgan fingerprint density at radius 2 is 1.70 bits per heavy atom. The highest BCUT2D eigenvalue weighted by Crippen LogP contribution is 2.65. The summed E-state index contributed by atoms with van der Waals surface area (Å²) in [6, 6.07) is 6.25. The lowest BCUT2D eigenvalue weighted by molar-refractivity contribution is -0.141. The molecule has 2 saturated heterocycles. The molecule has 2 aliphatic heterocycles. The summed E-state index contributed by atoms with van der Waals surface area (Å²) in [5.74, 6) is -4.18. The molecule has 0 bridgehead atoms. The van der Waals surface area contributed by atoms with E-state index in [1.54, 1.807) is 19.1 Å². The van der Waals surface area contributed by atoms with Crippen molar-refractivity contribution in [2.24, 2.45) is 17.8 Å². The molecule has 6 atom stereocenters. The van der Waals surface area contributed by atoms with E-state index < -0.39 is 45.2 Å². The number of allylic oxidation sites excluding steroid dienone is 2. The van der Waals surface area contributed by atoms with Gasteiger partial charge in [-0.05, 0) is 43.4 Å². The number of rotatable bonds is 3. The number of benzene rings is 1. The van der Waals surface area contributed by atoms with Crippen LogP contribution < -0.4 is 0 Å². The second-order valence-electron chi connectivity index (χ2n) is 9.00. The van der Waals surface area contributed by atoms with Crippen LogP contribution in [0.4, 0.5) is 0 Å². The van der Waals surface area contributed by atoms with Gasteiger partial charge in [0.1, 0.15) is 5.75 Å². The zero-order chi connectivity index (χ0) is 23.9. The molecule has 7 nitrogen and oxygen atoms in total. The van der Waals surface area contributed by atoms with Crippen molar-refractivity contribution in [2.75, 3.05) is 12.0 Å². The number of nitrogens with zero attached hydrogens (tertiary/aromatic N) is 2. The Kier molecular flexibility index (Phi) is 5.23. The second kappa shape index (κ2) is 7.55. The fraction of sp³-hybridized carbons (Fsp3) is 0.478. The monoisotopic (exact) mass is 554 g/mol. The van der Waals surface area contributed by atoms with Gasteiger partial charge in [0.15, 0.2) is 9.75 Å². The van der Waals surface area contributed by atoms with Gasteiger partial charge in [-0.2, -0.15) is 0 Å². The summed E-state index contributed by atoms with van der Waals surface area (Å²) in [6.07, 6.45) is 2.21. The average molecular weight is 556 g/mol. The van der Waals surface area contributed by atoms with Crippen molar-refractivity contribution in [2.45, 2.75) is 35.4 Å². The maximum absolute atomic E-state index is 13.5. The Morgan fingerprint density at radius 1 is 1.03 bits per heavy atom. The molecule has 6 unspecified atom stereocenters. The van der Waals surface area contributed by atoms with Crippen LogP contribution in [-0.4, -0.2) is 60.3 Å². The minimum Gasteiger partial charge on any atom is -0.508 e. The number of carbonyl (C=O) groups is 4. The fourth-order valence-corrected chi connectivity index (χ4v) is 7.60. The quantitative estimate of drug-likeness (QED) is 0.267. The maximum atomic E-state index is 13.5. The number of alkyl halides is 3. The maximum Gasteiger partial charge on any atom is 0.254 e. The van der Waals surface area contributed by atoms with E-state index in [4.69, 9.17) is 23.2 Å². The van der Waals surface area contributed by atoms with Crippen molar-refractivity contribution >= 4 is 62.8 Å². The van der Waals surface area contributed by atoms with Crippen LogP contribution in [0.1, 0.15) is 31.2 Å². The molecule has 2 aliphatic carbocycles. The number of phenolic OH excluding ortho intramolecular Hbond substituents is 1. The molecule has 1 saturated carbocycles. The normalized spacial score (nSPS) is 37.8. The summed E-state index contributed by atoms with van der Waals surface area (Å²) in [6.45, 7) is 2.02. The summed E-state index contributed by atoms with van der Waals surface area (Å²) in [4.78, 5) is 51.7. The molecule has 4 aliphatic rings. The molecule has 0 aromatic heterocycles. The lowest BCUT2D eigenvalue weighted by Gasteiger charge is -2.50. The smallest absolute Gasteiger partial charge is 0.254 e. The Morgan fingerprint density at radius 3 is 2.30 bits per heavy atom. The van der Waals surface area contributed by atoms with Crippen molar-refractivity contribution in [1.82, 2.24) is 9.80 Å². The third kappa shape index (κ3) is 2.74. The van der Waals surface area contributed by atoms with Crippen LogP contribution in [0.15, 0.2) is 35.9 Å². The van der Waals surface area contributed by atoms with Crippen molar-refractivity contribution in [1.29, 1.82) is 0 Å². The summed E-state index contributed by atoms with van der Waals surface area (Å²) in [7, 11) is 0. The van der Waals surface area contributed by atoms with Crippen LogP contribution >= 0.6 is 39.1 Å². The molecule has 174 valence electrons. The summed E-state index contributed by atoms with van der Waals surface area (Å²) in [5, 5.41) is 9.81. The van der Waals surface area contributed by atoms with Crippen LogP contribution in [-0.2, 0) is 19.2 Å². The minimum atomic E-state index is -1.82. The number of imide groups is 2. The second-order valence-corrected chi connectivity index (χ2v) is 10.7. The van der Waals surface area contributed by atoms with Crippen molar-refractivity contribution < 1.29 is 24.3 Å². The van der Waals surface area contributed by atoms with Gasteiger partial charge >= 0.3 is 0 Å². The minimum absolute atomic E-state index is 0.0235.